The molecule has 1 heterocycles. The molecule has 0 bridgehead atoms. The number of amides is 2. The van der Waals surface area contributed by atoms with E-state index in [1.54, 1.807) is 30.3 Å². The van der Waals surface area contributed by atoms with Gasteiger partial charge < -0.3 is 5.11 Å². The maximum atomic E-state index is 13.1. The summed E-state index contributed by atoms with van der Waals surface area (Å²) in [5.41, 5.74) is 0.635. The molecule has 2 amide bonds. The summed E-state index contributed by atoms with van der Waals surface area (Å²) < 4.78 is 26.2. The molecule has 19 heavy (non-hydrogen) atoms. The average molecular weight is 269 g/mol. The monoisotopic (exact) mass is 269 g/mol. The normalized spacial score (nSPS) is 20.2. The van der Waals surface area contributed by atoms with Gasteiger partial charge >= 0.3 is 0 Å². The van der Waals surface area contributed by atoms with E-state index in [4.69, 9.17) is 5.11 Å². The number of aliphatic hydroxyl groups excluding tert-OH is 1. The number of aliphatic hydroxyl groups is 1. The second-order valence-corrected chi connectivity index (χ2v) is 4.50. The van der Waals surface area contributed by atoms with Crippen molar-refractivity contribution in [3.05, 3.63) is 35.9 Å². The molecule has 1 fully saturated rings. The lowest BCUT2D eigenvalue weighted by atomic mass is 9.98. The van der Waals surface area contributed by atoms with E-state index in [0.717, 1.165) is 0 Å². The quantitative estimate of drug-likeness (QED) is 0.834. The van der Waals surface area contributed by atoms with Crippen molar-refractivity contribution in [1.82, 2.24) is 4.90 Å². The average Bonchev–Trinajstić information content (AvgIpc) is 2.67. The lowest BCUT2D eigenvalue weighted by Gasteiger charge is -2.20. The van der Waals surface area contributed by atoms with Gasteiger partial charge in [-0.15, -0.1) is 0 Å². The fourth-order valence-corrected chi connectivity index (χ4v) is 2.08. The van der Waals surface area contributed by atoms with Gasteiger partial charge in [-0.25, -0.2) is 8.78 Å². The topological polar surface area (TPSA) is 57.6 Å². The first-order chi connectivity index (χ1) is 8.94. The van der Waals surface area contributed by atoms with E-state index in [-0.39, 0.29) is 6.42 Å². The first-order valence-electron chi connectivity index (χ1n) is 5.82. The van der Waals surface area contributed by atoms with E-state index in [1.807, 2.05) is 0 Å². The van der Waals surface area contributed by atoms with Gasteiger partial charge in [0, 0.05) is 6.42 Å². The van der Waals surface area contributed by atoms with Crippen molar-refractivity contribution in [2.45, 2.75) is 18.3 Å². The number of hydrogen-bond donors (Lipinski definition) is 1. The summed E-state index contributed by atoms with van der Waals surface area (Å²) in [4.78, 5) is 24.2. The molecule has 102 valence electrons. The zero-order valence-electron chi connectivity index (χ0n) is 10.1. The molecule has 1 aromatic rings. The van der Waals surface area contributed by atoms with Crippen LogP contribution < -0.4 is 0 Å². The van der Waals surface area contributed by atoms with E-state index in [1.165, 1.54) is 0 Å². The molecule has 1 atom stereocenters. The third-order valence-electron chi connectivity index (χ3n) is 3.07. The molecule has 1 saturated heterocycles. The number of carbonyl (C=O) groups excluding carboxylic acids is 2. The van der Waals surface area contributed by atoms with E-state index in [2.05, 4.69) is 0 Å². The van der Waals surface area contributed by atoms with Crippen LogP contribution in [0.15, 0.2) is 30.3 Å². The van der Waals surface area contributed by atoms with Crippen LogP contribution in [0, 0.1) is 0 Å². The number of rotatable bonds is 4. The Kier molecular flexibility index (Phi) is 3.61. The summed E-state index contributed by atoms with van der Waals surface area (Å²) in [5, 5.41) is 8.51. The van der Waals surface area contributed by atoms with Gasteiger partial charge in [0.05, 0.1) is 12.5 Å². The molecule has 6 heteroatoms. The van der Waals surface area contributed by atoms with Crippen LogP contribution in [0.25, 0.3) is 0 Å². The van der Waals surface area contributed by atoms with Crippen molar-refractivity contribution in [2.75, 3.05) is 13.2 Å². The Morgan fingerprint density at radius 2 is 1.89 bits per heavy atom. The Morgan fingerprint density at radius 1 is 1.26 bits per heavy atom. The molecule has 0 spiro atoms. The van der Waals surface area contributed by atoms with E-state index < -0.39 is 36.8 Å². The third-order valence-corrected chi connectivity index (χ3v) is 3.07. The zero-order valence-corrected chi connectivity index (χ0v) is 10.1. The molecular weight excluding hydrogens is 256 g/mol. The molecule has 1 N–H and O–H groups in total. The first kappa shape index (κ1) is 13.6. The van der Waals surface area contributed by atoms with E-state index in [0.29, 0.717) is 10.5 Å². The summed E-state index contributed by atoms with van der Waals surface area (Å²) in [7, 11) is 0. The van der Waals surface area contributed by atoms with Crippen molar-refractivity contribution in [3.8, 4) is 0 Å². The van der Waals surface area contributed by atoms with E-state index in [9.17, 15) is 18.4 Å². The predicted molar refractivity (Wildman–Crippen MR) is 62.6 cm³/mol. The van der Waals surface area contributed by atoms with Gasteiger partial charge in [-0.05, 0) is 5.56 Å². The van der Waals surface area contributed by atoms with Crippen LogP contribution in [0.2, 0.25) is 0 Å². The minimum Gasteiger partial charge on any atom is -0.390 e. The molecule has 1 aliphatic heterocycles. The summed E-state index contributed by atoms with van der Waals surface area (Å²) in [6.45, 7) is -2.45. The summed E-state index contributed by atoms with van der Waals surface area (Å²) in [6.07, 6.45) is -0.107. The lowest BCUT2D eigenvalue weighted by Crippen LogP contribution is -2.42. The second kappa shape index (κ2) is 5.05. The van der Waals surface area contributed by atoms with Gasteiger partial charge in [0.2, 0.25) is 11.8 Å². The van der Waals surface area contributed by atoms with Gasteiger partial charge in [0.15, 0.2) is 0 Å². The minimum atomic E-state index is -3.46. The molecule has 1 aliphatic rings. The summed E-state index contributed by atoms with van der Waals surface area (Å²) >= 11 is 0. The maximum Gasteiger partial charge on any atom is 0.288 e. The Labute approximate surface area is 108 Å². The highest BCUT2D eigenvalue weighted by molar-refractivity contribution is 6.06. The lowest BCUT2D eigenvalue weighted by molar-refractivity contribution is -0.147. The maximum absolute atomic E-state index is 13.1. The van der Waals surface area contributed by atoms with Crippen LogP contribution in [-0.2, 0) is 9.59 Å². The highest BCUT2D eigenvalue weighted by atomic mass is 19.3. The molecule has 0 aliphatic carbocycles. The highest BCUT2D eigenvalue weighted by Crippen LogP contribution is 2.31. The number of hydrogen-bond acceptors (Lipinski definition) is 3. The number of likely N-dealkylation sites (tertiary alicyclic amines) is 1. The van der Waals surface area contributed by atoms with Crippen LogP contribution >= 0.6 is 0 Å². The molecular formula is C13H13F2NO3. The predicted octanol–water partition coefficient (Wildman–Crippen LogP) is 1.16. The van der Waals surface area contributed by atoms with Crippen LogP contribution in [0.4, 0.5) is 8.78 Å². The Morgan fingerprint density at radius 3 is 2.47 bits per heavy atom. The number of alkyl halides is 2. The van der Waals surface area contributed by atoms with Crippen molar-refractivity contribution in [1.29, 1.82) is 0 Å². The second-order valence-electron chi connectivity index (χ2n) is 4.50. The van der Waals surface area contributed by atoms with Crippen LogP contribution in [-0.4, -0.2) is 40.9 Å². The summed E-state index contributed by atoms with van der Waals surface area (Å²) in [5.74, 6) is -5.43. The zero-order chi connectivity index (χ0) is 14.0. The molecule has 4 nitrogen and oxygen atoms in total. The largest absolute Gasteiger partial charge is 0.390 e. The number of carbonyl (C=O) groups is 2. The van der Waals surface area contributed by atoms with Crippen LogP contribution in [0.1, 0.15) is 17.9 Å². The standard InChI is InChI=1S/C13H13F2NO3/c14-13(15,8-17)7-16-11(18)6-10(12(16)19)9-4-2-1-3-5-9/h1-5,10,17H,6-8H2. The number of benzene rings is 1. The van der Waals surface area contributed by atoms with Crippen LogP contribution in [0.3, 0.4) is 0 Å². The fraction of sp³-hybridized carbons (Fsp3) is 0.385. The third kappa shape index (κ3) is 2.78. The first-order valence-corrected chi connectivity index (χ1v) is 5.82. The van der Waals surface area contributed by atoms with Crippen molar-refractivity contribution >= 4 is 11.8 Å². The molecule has 0 radical (unpaired) electrons. The number of halogens is 2. The van der Waals surface area contributed by atoms with Crippen molar-refractivity contribution < 1.29 is 23.5 Å². The van der Waals surface area contributed by atoms with Gasteiger partial charge in [-0.2, -0.15) is 0 Å². The Balaban J connectivity index is 2.18. The smallest absolute Gasteiger partial charge is 0.288 e. The van der Waals surface area contributed by atoms with Crippen LogP contribution in [0.5, 0.6) is 0 Å². The molecule has 1 aromatic carbocycles. The highest BCUT2D eigenvalue weighted by Gasteiger charge is 2.44. The van der Waals surface area contributed by atoms with Crippen molar-refractivity contribution in [3.63, 3.8) is 0 Å². The van der Waals surface area contributed by atoms with E-state index >= 15 is 0 Å². The number of imide groups is 1. The molecule has 2 rings (SSSR count). The Hall–Kier alpha value is -1.82. The molecule has 0 saturated carbocycles. The van der Waals surface area contributed by atoms with Gasteiger partial charge in [-0.3, -0.25) is 14.5 Å². The Bertz CT molecular complexity index is 490. The van der Waals surface area contributed by atoms with Crippen molar-refractivity contribution in [2.24, 2.45) is 0 Å². The van der Waals surface area contributed by atoms with Gasteiger partial charge in [-0.1, -0.05) is 30.3 Å². The van der Waals surface area contributed by atoms with Gasteiger partial charge in [0.1, 0.15) is 6.61 Å². The molecule has 0 aromatic heterocycles. The fourth-order valence-electron chi connectivity index (χ4n) is 2.08. The minimum absolute atomic E-state index is 0.107. The number of nitrogens with zero attached hydrogens (tertiary/aromatic N) is 1. The summed E-state index contributed by atoms with van der Waals surface area (Å²) in [6, 6.07) is 8.58. The SMILES string of the molecule is O=C1CC(c2ccccc2)C(=O)N1CC(F)(F)CO. The molecule has 1 unspecified atom stereocenters. The van der Waals surface area contributed by atoms with Gasteiger partial charge in [0.25, 0.3) is 5.92 Å².